The number of ether oxygens (including phenoxy) is 2. The molecule has 12 nitrogen and oxygen atoms in total. The van der Waals surface area contributed by atoms with Gasteiger partial charge in [0.2, 0.25) is 17.4 Å². The molecule has 4 aliphatic heterocycles. The Hall–Kier alpha value is -3.74. The molecule has 5 heterocycles. The summed E-state index contributed by atoms with van der Waals surface area (Å²) < 4.78 is 32.5. The topological polar surface area (TPSA) is 143 Å². The lowest BCUT2D eigenvalue weighted by Gasteiger charge is -2.55. The molecule has 3 fully saturated rings. The lowest BCUT2D eigenvalue weighted by atomic mass is 9.66. The summed E-state index contributed by atoms with van der Waals surface area (Å²) in [5, 5.41) is 8.53. The maximum Gasteiger partial charge on any atom is 0.416 e. The number of benzene rings is 1. The molecule has 6 rings (SSSR count). The van der Waals surface area contributed by atoms with Crippen LogP contribution in [0.3, 0.4) is 0 Å². The summed E-state index contributed by atoms with van der Waals surface area (Å²) in [6.07, 6.45) is -2.19. The monoisotopic (exact) mass is 487 g/mol. The Balaban J connectivity index is 1.57. The second kappa shape index (κ2) is 7.13. The van der Waals surface area contributed by atoms with E-state index >= 15 is 4.39 Å². The maximum absolute atomic E-state index is 16.1. The predicted molar refractivity (Wildman–Crippen MR) is 116 cm³/mol. The first-order chi connectivity index (χ1) is 16.6. The molecule has 2 aromatic rings. The van der Waals surface area contributed by atoms with E-state index in [2.05, 4.69) is 15.8 Å². The molecule has 1 aromatic carbocycles. The van der Waals surface area contributed by atoms with Crippen LogP contribution in [-0.2, 0) is 25.5 Å². The highest BCUT2D eigenvalue weighted by Gasteiger charge is 2.63. The Morgan fingerprint density at radius 3 is 2.46 bits per heavy atom. The molecule has 13 heteroatoms. The van der Waals surface area contributed by atoms with Crippen molar-refractivity contribution in [3.63, 3.8) is 0 Å². The van der Waals surface area contributed by atoms with E-state index in [1.807, 2.05) is 0 Å². The number of carbonyl (C=O) groups is 4. The Morgan fingerprint density at radius 1 is 1.09 bits per heavy atom. The van der Waals surface area contributed by atoms with E-state index < -0.39 is 47.3 Å². The number of aromatic nitrogens is 1. The van der Waals surface area contributed by atoms with Crippen molar-refractivity contribution in [2.24, 2.45) is 5.41 Å². The fourth-order valence-electron chi connectivity index (χ4n) is 5.91. The second-order valence-electron chi connectivity index (χ2n) is 9.52. The number of hydrogen-bond donors (Lipinski definition) is 2. The lowest BCUT2D eigenvalue weighted by Crippen LogP contribution is -2.75. The van der Waals surface area contributed by atoms with Crippen LogP contribution < -0.4 is 20.4 Å². The minimum atomic E-state index is -1.75. The van der Waals surface area contributed by atoms with Gasteiger partial charge in [-0.2, -0.15) is 0 Å². The zero-order valence-electron chi connectivity index (χ0n) is 19.1. The average Bonchev–Trinajstić information content (AvgIpc) is 3.33. The molecule has 0 saturated carbocycles. The standard InChI is InChI=1S/C22H22FN5O7/c1-8-6-27-14-11(5-22(16(27)10(3)33-8)18(29)24-20(31)25-19(22)30)4-12-15(13(14)23)35-26-17(12)28-7-9(2)34-21(28)32/h4,8-10,16H,5-7H2,1-3H3,(H2,24,25,29,30,31)/t8-,9-,10-,16+/m1/s1. The van der Waals surface area contributed by atoms with Crippen LogP contribution in [0.4, 0.5) is 25.5 Å². The number of cyclic esters (lactones) is 1. The van der Waals surface area contributed by atoms with Crippen molar-refractivity contribution in [2.45, 2.75) is 51.5 Å². The Bertz CT molecular complexity index is 1300. The van der Waals surface area contributed by atoms with E-state index in [-0.39, 0.29) is 54.2 Å². The number of hydrogen-bond acceptors (Lipinski definition) is 9. The molecule has 184 valence electrons. The summed E-state index contributed by atoms with van der Waals surface area (Å²) >= 11 is 0. The van der Waals surface area contributed by atoms with E-state index in [0.717, 1.165) is 0 Å². The molecule has 4 atom stereocenters. The third kappa shape index (κ3) is 2.84. The third-order valence-corrected chi connectivity index (χ3v) is 7.16. The van der Waals surface area contributed by atoms with E-state index in [1.165, 1.54) is 4.90 Å². The zero-order valence-corrected chi connectivity index (χ0v) is 19.1. The minimum absolute atomic E-state index is 0.0867. The van der Waals surface area contributed by atoms with E-state index in [0.29, 0.717) is 5.56 Å². The SMILES string of the molecule is C[C@@H]1CN(c2noc3c(F)c4c(cc23)CC2(C(=O)NC(=O)NC2=O)[C@@H]2[C@@H](C)O[C@H](C)CN42)C(=O)O1. The highest BCUT2D eigenvalue weighted by Crippen LogP contribution is 2.49. The van der Waals surface area contributed by atoms with Crippen LogP contribution in [0.25, 0.3) is 11.0 Å². The lowest BCUT2D eigenvalue weighted by molar-refractivity contribution is -0.153. The van der Waals surface area contributed by atoms with Crippen molar-refractivity contribution in [1.82, 2.24) is 15.8 Å². The van der Waals surface area contributed by atoms with E-state index in [1.54, 1.807) is 31.7 Å². The number of urea groups is 1. The van der Waals surface area contributed by atoms with Gasteiger partial charge < -0.3 is 18.9 Å². The van der Waals surface area contributed by atoms with Gasteiger partial charge >= 0.3 is 12.1 Å². The van der Waals surface area contributed by atoms with Gasteiger partial charge in [0.05, 0.1) is 35.9 Å². The number of rotatable bonds is 1. The molecule has 5 amide bonds. The summed E-state index contributed by atoms with van der Waals surface area (Å²) in [5.74, 6) is -2.19. The molecule has 0 unspecified atom stereocenters. The van der Waals surface area contributed by atoms with Gasteiger partial charge in [0, 0.05) is 13.0 Å². The number of carbonyl (C=O) groups excluding carboxylic acids is 4. The van der Waals surface area contributed by atoms with Gasteiger partial charge in [0.1, 0.15) is 6.10 Å². The van der Waals surface area contributed by atoms with Crippen molar-refractivity contribution >= 4 is 46.4 Å². The molecule has 1 spiro atoms. The fraction of sp³-hybridized carbons (Fsp3) is 0.500. The van der Waals surface area contributed by atoms with Crippen molar-refractivity contribution in [1.29, 1.82) is 0 Å². The number of fused-ring (bicyclic) bond motifs is 5. The highest BCUT2D eigenvalue weighted by molar-refractivity contribution is 6.20. The first kappa shape index (κ1) is 21.8. The Kier molecular flexibility index (Phi) is 4.44. The molecular formula is C22H22FN5O7. The summed E-state index contributed by atoms with van der Waals surface area (Å²) in [6, 6.07) is -0.219. The molecule has 3 saturated heterocycles. The smallest absolute Gasteiger partial charge is 0.416 e. The molecule has 35 heavy (non-hydrogen) atoms. The first-order valence-electron chi connectivity index (χ1n) is 11.3. The van der Waals surface area contributed by atoms with Crippen LogP contribution in [0.2, 0.25) is 0 Å². The maximum atomic E-state index is 16.1. The quantitative estimate of drug-likeness (QED) is 0.567. The number of imide groups is 2. The number of morpholine rings is 1. The Labute approximate surface area is 197 Å². The Morgan fingerprint density at radius 2 is 1.80 bits per heavy atom. The van der Waals surface area contributed by atoms with Crippen LogP contribution in [-0.4, -0.2) is 66.5 Å². The summed E-state index contributed by atoms with van der Waals surface area (Å²) in [4.78, 5) is 53.6. The minimum Gasteiger partial charge on any atom is -0.444 e. The first-order valence-corrected chi connectivity index (χ1v) is 11.3. The number of nitrogens with zero attached hydrogens (tertiary/aromatic N) is 3. The molecule has 0 radical (unpaired) electrons. The molecular weight excluding hydrogens is 465 g/mol. The number of amides is 5. The largest absolute Gasteiger partial charge is 0.444 e. The summed E-state index contributed by atoms with van der Waals surface area (Å²) in [7, 11) is 0. The van der Waals surface area contributed by atoms with Gasteiger partial charge in [0.25, 0.3) is 0 Å². The normalized spacial score (nSPS) is 29.7. The molecule has 0 bridgehead atoms. The van der Waals surface area contributed by atoms with Gasteiger partial charge in [0.15, 0.2) is 17.1 Å². The van der Waals surface area contributed by atoms with Gasteiger partial charge in [-0.15, -0.1) is 0 Å². The van der Waals surface area contributed by atoms with Gasteiger partial charge in [-0.1, -0.05) is 5.16 Å². The number of nitrogens with one attached hydrogen (secondary N) is 2. The molecule has 1 aromatic heterocycles. The zero-order chi connectivity index (χ0) is 24.8. The fourth-order valence-corrected chi connectivity index (χ4v) is 5.91. The number of anilines is 2. The van der Waals surface area contributed by atoms with Crippen molar-refractivity contribution in [3.05, 3.63) is 17.4 Å². The highest BCUT2D eigenvalue weighted by atomic mass is 19.1. The number of halogens is 1. The van der Waals surface area contributed by atoms with Gasteiger partial charge in [-0.3, -0.25) is 25.1 Å². The summed E-state index contributed by atoms with van der Waals surface area (Å²) in [5.41, 5.74) is -1.38. The van der Waals surface area contributed by atoms with Crippen molar-refractivity contribution in [3.8, 4) is 0 Å². The van der Waals surface area contributed by atoms with Crippen LogP contribution in [0.15, 0.2) is 10.6 Å². The molecule has 2 N–H and O–H groups in total. The van der Waals surface area contributed by atoms with Gasteiger partial charge in [-0.05, 0) is 32.4 Å². The average molecular weight is 487 g/mol. The predicted octanol–water partition coefficient (Wildman–Crippen LogP) is 1.20. The third-order valence-electron chi connectivity index (χ3n) is 7.16. The van der Waals surface area contributed by atoms with E-state index in [9.17, 15) is 19.2 Å². The number of barbiturate groups is 1. The molecule has 4 aliphatic rings. The second-order valence-corrected chi connectivity index (χ2v) is 9.52. The van der Waals surface area contributed by atoms with Crippen molar-refractivity contribution in [2.75, 3.05) is 22.9 Å². The summed E-state index contributed by atoms with van der Waals surface area (Å²) in [6.45, 7) is 5.63. The van der Waals surface area contributed by atoms with Crippen molar-refractivity contribution < 1.29 is 37.6 Å². The molecule has 0 aliphatic carbocycles. The van der Waals surface area contributed by atoms with Gasteiger partial charge in [-0.25, -0.2) is 14.0 Å². The van der Waals surface area contributed by atoms with Crippen LogP contribution in [0.5, 0.6) is 0 Å². The van der Waals surface area contributed by atoms with Crippen LogP contribution in [0, 0.1) is 11.2 Å². The van der Waals surface area contributed by atoms with Crippen LogP contribution >= 0.6 is 0 Å². The van der Waals surface area contributed by atoms with E-state index in [4.69, 9.17) is 14.0 Å². The van der Waals surface area contributed by atoms with Crippen LogP contribution in [0.1, 0.15) is 26.3 Å².